The molecule has 2 rings (SSSR count). The summed E-state index contributed by atoms with van der Waals surface area (Å²) in [4.78, 5) is 9.01. The van der Waals surface area contributed by atoms with Gasteiger partial charge in [0, 0.05) is 12.4 Å². The SMILES string of the molecule is Cc1nsc(Sc2cnccc2C#N)n1. The van der Waals surface area contributed by atoms with Crippen LogP contribution in [-0.4, -0.2) is 14.3 Å². The van der Waals surface area contributed by atoms with Crippen LogP contribution in [0.15, 0.2) is 27.7 Å². The molecule has 0 atom stereocenters. The summed E-state index contributed by atoms with van der Waals surface area (Å²) in [6, 6.07) is 3.81. The average Bonchev–Trinajstić information content (AvgIpc) is 2.65. The van der Waals surface area contributed by atoms with Crippen molar-refractivity contribution in [1.29, 1.82) is 5.26 Å². The maximum absolute atomic E-state index is 8.88. The van der Waals surface area contributed by atoms with Gasteiger partial charge in [0.25, 0.3) is 0 Å². The van der Waals surface area contributed by atoms with Crippen molar-refractivity contribution in [2.24, 2.45) is 0 Å². The Kier molecular flexibility index (Phi) is 2.94. The van der Waals surface area contributed by atoms with Gasteiger partial charge >= 0.3 is 0 Å². The second-order valence-corrected chi connectivity index (χ2v) is 4.73. The molecule has 0 aliphatic carbocycles. The third kappa shape index (κ3) is 2.32. The predicted octanol–water partition coefficient (Wildman–Crippen LogP) is 2.26. The van der Waals surface area contributed by atoms with Crippen LogP contribution in [0.4, 0.5) is 0 Å². The Hall–Kier alpha value is -1.45. The van der Waals surface area contributed by atoms with Crippen molar-refractivity contribution in [3.63, 3.8) is 0 Å². The number of pyridine rings is 1. The highest BCUT2D eigenvalue weighted by atomic mass is 32.2. The Morgan fingerprint density at radius 2 is 2.40 bits per heavy atom. The summed E-state index contributed by atoms with van der Waals surface area (Å²) in [6.07, 6.45) is 3.27. The number of nitrogens with zero attached hydrogens (tertiary/aromatic N) is 4. The molecule has 0 N–H and O–H groups in total. The van der Waals surface area contributed by atoms with E-state index in [1.54, 1.807) is 18.5 Å². The summed E-state index contributed by atoms with van der Waals surface area (Å²) in [5, 5.41) is 8.88. The fourth-order valence-corrected chi connectivity index (χ4v) is 2.62. The van der Waals surface area contributed by atoms with Crippen molar-refractivity contribution in [3.8, 4) is 6.07 Å². The molecule has 0 bridgehead atoms. The summed E-state index contributed by atoms with van der Waals surface area (Å²) in [6.45, 7) is 1.84. The van der Waals surface area contributed by atoms with Gasteiger partial charge in [-0.1, -0.05) is 11.8 Å². The number of aryl methyl sites for hydroxylation is 1. The average molecular weight is 234 g/mol. The van der Waals surface area contributed by atoms with E-state index in [4.69, 9.17) is 5.26 Å². The third-order valence-electron chi connectivity index (χ3n) is 1.61. The third-order valence-corrected chi connectivity index (χ3v) is 3.50. The van der Waals surface area contributed by atoms with Crippen molar-refractivity contribution >= 4 is 23.3 Å². The smallest absolute Gasteiger partial charge is 0.174 e. The molecule has 15 heavy (non-hydrogen) atoms. The van der Waals surface area contributed by atoms with Crippen LogP contribution in [0.1, 0.15) is 11.4 Å². The minimum Gasteiger partial charge on any atom is -0.263 e. The molecule has 0 aliphatic heterocycles. The lowest BCUT2D eigenvalue weighted by Gasteiger charge is -1.97. The lowest BCUT2D eigenvalue weighted by Crippen LogP contribution is -1.82. The van der Waals surface area contributed by atoms with Crippen LogP contribution in [0.5, 0.6) is 0 Å². The number of aromatic nitrogens is 3. The highest BCUT2D eigenvalue weighted by Crippen LogP contribution is 2.30. The molecule has 0 spiro atoms. The van der Waals surface area contributed by atoms with Gasteiger partial charge in [-0.2, -0.15) is 9.64 Å². The molecule has 4 nitrogen and oxygen atoms in total. The molecular formula is C9H6N4S2. The largest absolute Gasteiger partial charge is 0.263 e. The van der Waals surface area contributed by atoms with Crippen molar-refractivity contribution in [1.82, 2.24) is 14.3 Å². The lowest BCUT2D eigenvalue weighted by molar-refractivity contribution is 1.10. The number of nitriles is 1. The molecular weight excluding hydrogens is 228 g/mol. The maximum atomic E-state index is 8.88. The molecule has 2 aromatic rings. The number of hydrogen-bond acceptors (Lipinski definition) is 6. The van der Waals surface area contributed by atoms with E-state index in [0.717, 1.165) is 15.1 Å². The van der Waals surface area contributed by atoms with Crippen molar-refractivity contribution in [2.75, 3.05) is 0 Å². The monoisotopic (exact) mass is 234 g/mol. The van der Waals surface area contributed by atoms with Gasteiger partial charge in [0.05, 0.1) is 10.5 Å². The fourth-order valence-electron chi connectivity index (χ4n) is 0.967. The van der Waals surface area contributed by atoms with Crippen LogP contribution in [0, 0.1) is 18.3 Å². The van der Waals surface area contributed by atoms with Gasteiger partial charge < -0.3 is 0 Å². The zero-order valence-corrected chi connectivity index (χ0v) is 9.47. The summed E-state index contributed by atoms with van der Waals surface area (Å²) in [5.41, 5.74) is 0.614. The lowest BCUT2D eigenvalue weighted by atomic mass is 10.3. The molecule has 2 aromatic heterocycles. The summed E-state index contributed by atoms with van der Waals surface area (Å²) < 4.78 is 4.91. The molecule has 0 saturated carbocycles. The van der Waals surface area contributed by atoms with E-state index in [1.165, 1.54) is 23.3 Å². The van der Waals surface area contributed by atoms with Gasteiger partial charge in [-0.25, -0.2) is 4.98 Å². The summed E-state index contributed by atoms with van der Waals surface area (Å²) in [7, 11) is 0. The van der Waals surface area contributed by atoms with E-state index in [2.05, 4.69) is 20.4 Å². The van der Waals surface area contributed by atoms with Gasteiger partial charge in [-0.3, -0.25) is 4.98 Å². The molecule has 2 heterocycles. The zero-order valence-electron chi connectivity index (χ0n) is 7.84. The Balaban J connectivity index is 2.28. The van der Waals surface area contributed by atoms with Gasteiger partial charge in [0.1, 0.15) is 11.9 Å². The van der Waals surface area contributed by atoms with Crippen molar-refractivity contribution in [2.45, 2.75) is 16.2 Å². The molecule has 0 aromatic carbocycles. The van der Waals surface area contributed by atoms with Gasteiger partial charge in [0.15, 0.2) is 4.34 Å². The van der Waals surface area contributed by atoms with Gasteiger partial charge in [-0.15, -0.1) is 0 Å². The first-order chi connectivity index (χ1) is 7.29. The quantitative estimate of drug-likeness (QED) is 0.797. The van der Waals surface area contributed by atoms with Crippen LogP contribution >= 0.6 is 23.3 Å². The standard InChI is InChI=1S/C9H6N4S2/c1-6-12-9(15-13-6)14-8-5-11-3-2-7(8)4-10/h2-3,5H,1H3. The Labute approximate surface area is 95.2 Å². The van der Waals surface area contributed by atoms with E-state index in [-0.39, 0.29) is 0 Å². The number of hydrogen-bond donors (Lipinski definition) is 0. The molecule has 0 aliphatic rings. The second-order valence-electron chi connectivity index (χ2n) is 2.69. The minimum atomic E-state index is 0.614. The first-order valence-corrected chi connectivity index (χ1v) is 5.71. The Morgan fingerprint density at radius 1 is 1.53 bits per heavy atom. The highest BCUT2D eigenvalue weighted by molar-refractivity contribution is 8.01. The Morgan fingerprint density at radius 3 is 3.07 bits per heavy atom. The zero-order chi connectivity index (χ0) is 10.7. The van der Waals surface area contributed by atoms with Crippen LogP contribution in [0.25, 0.3) is 0 Å². The molecule has 0 unspecified atom stereocenters. The second kappa shape index (κ2) is 4.38. The van der Waals surface area contributed by atoms with Crippen LogP contribution in [-0.2, 0) is 0 Å². The predicted molar refractivity (Wildman–Crippen MR) is 57.7 cm³/mol. The van der Waals surface area contributed by atoms with Crippen molar-refractivity contribution < 1.29 is 0 Å². The normalized spacial score (nSPS) is 9.87. The van der Waals surface area contributed by atoms with Gasteiger partial charge in [-0.05, 0) is 24.5 Å². The molecule has 0 fully saturated rings. The first-order valence-electron chi connectivity index (χ1n) is 4.12. The van der Waals surface area contributed by atoms with E-state index >= 15 is 0 Å². The van der Waals surface area contributed by atoms with E-state index in [1.807, 2.05) is 6.92 Å². The van der Waals surface area contributed by atoms with E-state index < -0.39 is 0 Å². The van der Waals surface area contributed by atoms with E-state index in [9.17, 15) is 0 Å². The topological polar surface area (TPSA) is 62.5 Å². The summed E-state index contributed by atoms with van der Waals surface area (Å²) >= 11 is 2.75. The molecule has 0 radical (unpaired) electrons. The Bertz CT molecular complexity index is 515. The molecule has 6 heteroatoms. The minimum absolute atomic E-state index is 0.614. The van der Waals surface area contributed by atoms with Crippen molar-refractivity contribution in [3.05, 3.63) is 29.8 Å². The first kappa shape index (κ1) is 10.1. The van der Waals surface area contributed by atoms with E-state index in [0.29, 0.717) is 5.56 Å². The molecule has 0 amide bonds. The summed E-state index contributed by atoms with van der Waals surface area (Å²) in [5.74, 6) is 0.755. The van der Waals surface area contributed by atoms with Crippen LogP contribution in [0.3, 0.4) is 0 Å². The van der Waals surface area contributed by atoms with Crippen LogP contribution in [0.2, 0.25) is 0 Å². The number of rotatable bonds is 2. The maximum Gasteiger partial charge on any atom is 0.174 e. The fraction of sp³-hybridized carbons (Fsp3) is 0.111. The van der Waals surface area contributed by atoms with Gasteiger partial charge in [0.2, 0.25) is 0 Å². The highest BCUT2D eigenvalue weighted by Gasteiger charge is 2.07. The van der Waals surface area contributed by atoms with Crippen LogP contribution < -0.4 is 0 Å². The molecule has 74 valence electrons. The molecule has 0 saturated heterocycles.